The van der Waals surface area contributed by atoms with Crippen molar-refractivity contribution in [3.63, 3.8) is 0 Å². The van der Waals surface area contributed by atoms with E-state index in [9.17, 15) is 4.79 Å². The van der Waals surface area contributed by atoms with E-state index >= 15 is 0 Å². The molecule has 2 heterocycles. The van der Waals surface area contributed by atoms with Crippen molar-refractivity contribution in [2.24, 2.45) is 0 Å². The average Bonchev–Trinajstić information content (AvgIpc) is 3.11. The minimum absolute atomic E-state index is 0.0528. The van der Waals surface area contributed by atoms with Crippen molar-refractivity contribution >= 4 is 22.5 Å². The third-order valence-corrected chi connectivity index (χ3v) is 5.02. The van der Waals surface area contributed by atoms with E-state index in [-0.39, 0.29) is 12.1 Å². The lowest BCUT2D eigenvalue weighted by Gasteiger charge is -2.13. The van der Waals surface area contributed by atoms with Crippen molar-refractivity contribution in [1.82, 2.24) is 25.1 Å². The number of nitrogens with zero attached hydrogens (tertiary/aromatic N) is 4. The average molecular weight is 334 g/mol. The molecular weight excluding hydrogens is 312 g/mol. The molecule has 2 N–H and O–H groups in total. The number of hydrogen-bond acceptors (Lipinski definition) is 5. The predicted molar refractivity (Wildman–Crippen MR) is 89.6 cm³/mol. The molecule has 0 spiro atoms. The summed E-state index contributed by atoms with van der Waals surface area (Å²) in [7, 11) is 0. The summed E-state index contributed by atoms with van der Waals surface area (Å²) in [5.74, 6) is 0. The maximum absolute atomic E-state index is 12.1. The summed E-state index contributed by atoms with van der Waals surface area (Å²) in [4.78, 5) is 21.9. The number of anilines is 1. The summed E-state index contributed by atoms with van der Waals surface area (Å²) in [6, 6.07) is -0.142. The first-order valence-corrected chi connectivity index (χ1v) is 8.91. The molecular formula is C15H22N6OS. The van der Waals surface area contributed by atoms with Gasteiger partial charge in [-0.05, 0) is 39.0 Å². The number of aryl methyl sites for hydroxylation is 3. The lowest BCUT2D eigenvalue weighted by molar-refractivity contribution is 0.248. The smallest absolute Gasteiger partial charge is 0.321 e. The van der Waals surface area contributed by atoms with Crippen LogP contribution in [-0.4, -0.2) is 31.8 Å². The second-order valence-corrected chi connectivity index (χ2v) is 6.98. The quantitative estimate of drug-likeness (QED) is 0.823. The maximum atomic E-state index is 12.1. The predicted octanol–water partition coefficient (Wildman–Crippen LogP) is 2.60. The number of carbonyl (C=O) groups is 1. The van der Waals surface area contributed by atoms with Gasteiger partial charge in [-0.15, -0.1) is 11.3 Å². The molecule has 0 aliphatic heterocycles. The molecule has 1 unspecified atom stereocenters. The van der Waals surface area contributed by atoms with E-state index in [4.69, 9.17) is 0 Å². The Balaban J connectivity index is 1.47. The van der Waals surface area contributed by atoms with Crippen LogP contribution in [0.5, 0.6) is 0 Å². The van der Waals surface area contributed by atoms with Crippen LogP contribution in [0.4, 0.5) is 9.93 Å². The van der Waals surface area contributed by atoms with Gasteiger partial charge in [0.25, 0.3) is 0 Å². The fourth-order valence-electron chi connectivity index (χ4n) is 2.69. The third-order valence-electron chi connectivity index (χ3n) is 3.95. The SMILES string of the molecule is CC(CCn1cncn1)NC(=O)Nc1nc2c(s1)CCCCC2. The van der Waals surface area contributed by atoms with E-state index in [1.807, 2.05) is 6.92 Å². The highest BCUT2D eigenvalue weighted by Crippen LogP contribution is 2.28. The molecule has 0 aromatic carbocycles. The standard InChI is InChI=1S/C15H22N6OS/c1-11(7-8-21-10-16-9-17-21)18-14(22)20-15-19-12-5-3-2-4-6-13(12)23-15/h9-11H,2-8H2,1H3,(H2,18,19,20,22). The minimum atomic E-state index is -0.194. The number of aromatic nitrogens is 4. The van der Waals surface area contributed by atoms with Crippen molar-refractivity contribution < 1.29 is 4.79 Å². The van der Waals surface area contributed by atoms with E-state index in [2.05, 4.69) is 25.7 Å². The molecule has 3 rings (SSSR count). The highest BCUT2D eigenvalue weighted by molar-refractivity contribution is 7.15. The van der Waals surface area contributed by atoms with Crippen molar-refractivity contribution in [3.05, 3.63) is 23.2 Å². The molecule has 0 saturated carbocycles. The second-order valence-electron chi connectivity index (χ2n) is 5.90. The summed E-state index contributed by atoms with van der Waals surface area (Å²) in [5.41, 5.74) is 1.17. The lowest BCUT2D eigenvalue weighted by Crippen LogP contribution is -2.36. The second kappa shape index (κ2) is 7.54. The van der Waals surface area contributed by atoms with Crippen LogP contribution in [0.25, 0.3) is 0 Å². The zero-order valence-corrected chi connectivity index (χ0v) is 14.1. The molecule has 1 atom stereocenters. The lowest BCUT2D eigenvalue weighted by atomic mass is 10.2. The van der Waals surface area contributed by atoms with Crippen molar-refractivity contribution in [2.45, 2.75) is 58.0 Å². The molecule has 124 valence electrons. The van der Waals surface area contributed by atoms with E-state index in [1.54, 1.807) is 22.3 Å². The zero-order valence-electron chi connectivity index (χ0n) is 13.3. The molecule has 0 radical (unpaired) electrons. The third kappa shape index (κ3) is 4.51. The number of thiazole rings is 1. The minimum Gasteiger partial charge on any atom is -0.335 e. The Kier molecular flexibility index (Phi) is 5.22. The number of hydrogen-bond donors (Lipinski definition) is 2. The van der Waals surface area contributed by atoms with E-state index in [1.165, 1.54) is 36.2 Å². The number of carbonyl (C=O) groups excluding carboxylic acids is 1. The number of rotatable bonds is 5. The molecule has 2 amide bonds. The van der Waals surface area contributed by atoms with Crippen molar-refractivity contribution in [2.75, 3.05) is 5.32 Å². The van der Waals surface area contributed by atoms with Gasteiger partial charge in [0.1, 0.15) is 12.7 Å². The van der Waals surface area contributed by atoms with Crippen molar-refractivity contribution in [3.8, 4) is 0 Å². The Hall–Kier alpha value is -1.96. The maximum Gasteiger partial charge on any atom is 0.321 e. The van der Waals surface area contributed by atoms with Gasteiger partial charge in [0.2, 0.25) is 0 Å². The molecule has 7 nitrogen and oxygen atoms in total. The summed E-state index contributed by atoms with van der Waals surface area (Å²) in [5, 5.41) is 10.6. The summed E-state index contributed by atoms with van der Waals surface area (Å²) in [6.07, 6.45) is 9.80. The Morgan fingerprint density at radius 1 is 1.39 bits per heavy atom. The Bertz CT molecular complexity index is 615. The van der Waals surface area contributed by atoms with Crippen LogP contribution in [-0.2, 0) is 19.4 Å². The van der Waals surface area contributed by atoms with Gasteiger partial charge in [0, 0.05) is 17.5 Å². The van der Waals surface area contributed by atoms with E-state index in [0.717, 1.165) is 25.8 Å². The van der Waals surface area contributed by atoms with Gasteiger partial charge in [0.05, 0.1) is 5.69 Å². The zero-order chi connectivity index (χ0) is 16.1. The van der Waals surface area contributed by atoms with Crippen LogP contribution >= 0.6 is 11.3 Å². The Labute approximate surface area is 139 Å². The number of urea groups is 1. The highest BCUT2D eigenvalue weighted by Gasteiger charge is 2.16. The molecule has 2 aromatic heterocycles. The molecule has 2 aromatic rings. The van der Waals surface area contributed by atoms with Gasteiger partial charge in [-0.1, -0.05) is 6.42 Å². The topological polar surface area (TPSA) is 84.7 Å². The van der Waals surface area contributed by atoms with Crippen LogP contribution in [0.2, 0.25) is 0 Å². The van der Waals surface area contributed by atoms with Gasteiger partial charge in [-0.2, -0.15) is 5.10 Å². The number of amides is 2. The highest BCUT2D eigenvalue weighted by atomic mass is 32.1. The first kappa shape index (κ1) is 15.9. The van der Waals surface area contributed by atoms with Gasteiger partial charge in [-0.25, -0.2) is 14.8 Å². The first-order chi connectivity index (χ1) is 11.2. The van der Waals surface area contributed by atoms with Gasteiger partial charge >= 0.3 is 6.03 Å². The molecule has 0 bridgehead atoms. The fourth-order valence-corrected chi connectivity index (χ4v) is 3.73. The molecule has 1 aliphatic carbocycles. The largest absolute Gasteiger partial charge is 0.335 e. The van der Waals surface area contributed by atoms with Crippen LogP contribution in [0.15, 0.2) is 12.7 Å². The van der Waals surface area contributed by atoms with Crippen LogP contribution in [0, 0.1) is 0 Å². The number of fused-ring (bicyclic) bond motifs is 1. The Morgan fingerprint density at radius 2 is 2.26 bits per heavy atom. The van der Waals surface area contributed by atoms with Gasteiger partial charge in [0.15, 0.2) is 5.13 Å². The van der Waals surface area contributed by atoms with Gasteiger partial charge in [-0.3, -0.25) is 10.00 Å². The van der Waals surface area contributed by atoms with E-state index in [0.29, 0.717) is 5.13 Å². The molecule has 23 heavy (non-hydrogen) atoms. The fraction of sp³-hybridized carbons (Fsp3) is 0.600. The number of nitrogens with one attached hydrogen (secondary N) is 2. The molecule has 1 aliphatic rings. The van der Waals surface area contributed by atoms with Crippen molar-refractivity contribution in [1.29, 1.82) is 0 Å². The summed E-state index contributed by atoms with van der Waals surface area (Å²) >= 11 is 1.61. The first-order valence-electron chi connectivity index (χ1n) is 8.09. The van der Waals surface area contributed by atoms with E-state index < -0.39 is 0 Å². The van der Waals surface area contributed by atoms with Crippen LogP contribution in [0.1, 0.15) is 43.2 Å². The normalized spacial score (nSPS) is 15.5. The molecule has 0 saturated heterocycles. The molecule has 0 fully saturated rings. The van der Waals surface area contributed by atoms with Gasteiger partial charge < -0.3 is 5.32 Å². The summed E-state index contributed by atoms with van der Waals surface area (Å²) < 4.78 is 1.76. The van der Waals surface area contributed by atoms with Crippen LogP contribution < -0.4 is 10.6 Å². The summed E-state index contributed by atoms with van der Waals surface area (Å²) in [6.45, 7) is 2.71. The molecule has 8 heteroatoms. The van der Waals surface area contributed by atoms with Crippen LogP contribution in [0.3, 0.4) is 0 Å². The monoisotopic (exact) mass is 334 g/mol. The Morgan fingerprint density at radius 3 is 3.09 bits per heavy atom.